The van der Waals surface area contributed by atoms with Crippen molar-refractivity contribution in [1.29, 1.82) is 0 Å². The molecule has 1 saturated heterocycles. The maximum Gasteiger partial charge on any atom is 0.373 e. The smallest absolute Gasteiger partial charge is 0.373 e. The van der Waals surface area contributed by atoms with Gasteiger partial charge in [-0.1, -0.05) is 0 Å². The first-order valence-corrected chi connectivity index (χ1v) is 7.11. The molecule has 1 fully saturated rings. The SMILES string of the molecule is COC(=O)c1ccc(C(C)N2CCC(N(C)C)CC2)o1. The minimum absolute atomic E-state index is 0.191. The van der Waals surface area contributed by atoms with Gasteiger partial charge >= 0.3 is 5.97 Å². The van der Waals surface area contributed by atoms with Crippen molar-refractivity contribution >= 4 is 5.97 Å². The highest BCUT2D eigenvalue weighted by atomic mass is 16.5. The maximum atomic E-state index is 11.4. The van der Waals surface area contributed by atoms with E-state index in [4.69, 9.17) is 4.42 Å². The zero-order chi connectivity index (χ0) is 14.7. The van der Waals surface area contributed by atoms with Gasteiger partial charge in [-0.05, 0) is 46.0 Å². The second-order valence-electron chi connectivity index (χ2n) is 5.60. The quantitative estimate of drug-likeness (QED) is 0.791. The van der Waals surface area contributed by atoms with Gasteiger partial charge in [0.15, 0.2) is 0 Å². The van der Waals surface area contributed by atoms with Gasteiger partial charge in [0.1, 0.15) is 5.76 Å². The predicted octanol–water partition coefficient (Wildman–Crippen LogP) is 2.15. The van der Waals surface area contributed by atoms with Crippen LogP contribution in [-0.4, -0.2) is 56.1 Å². The van der Waals surface area contributed by atoms with Gasteiger partial charge in [-0.3, -0.25) is 4.90 Å². The Hall–Kier alpha value is -1.33. The van der Waals surface area contributed by atoms with E-state index < -0.39 is 5.97 Å². The van der Waals surface area contributed by atoms with Crippen LogP contribution in [-0.2, 0) is 4.74 Å². The van der Waals surface area contributed by atoms with Crippen LogP contribution in [0.1, 0.15) is 42.1 Å². The average Bonchev–Trinajstić information content (AvgIpc) is 2.95. The van der Waals surface area contributed by atoms with Gasteiger partial charge in [0, 0.05) is 19.1 Å². The van der Waals surface area contributed by atoms with E-state index in [1.54, 1.807) is 6.07 Å². The Morgan fingerprint density at radius 3 is 2.60 bits per heavy atom. The van der Waals surface area contributed by atoms with Crippen LogP contribution >= 0.6 is 0 Å². The van der Waals surface area contributed by atoms with Gasteiger partial charge in [0.05, 0.1) is 13.2 Å². The Morgan fingerprint density at radius 2 is 2.05 bits per heavy atom. The van der Waals surface area contributed by atoms with Gasteiger partial charge in [-0.15, -0.1) is 0 Å². The Labute approximate surface area is 120 Å². The van der Waals surface area contributed by atoms with Crippen molar-refractivity contribution in [3.63, 3.8) is 0 Å². The van der Waals surface area contributed by atoms with Crippen LogP contribution in [0, 0.1) is 0 Å². The third-order valence-electron chi connectivity index (χ3n) is 4.20. The summed E-state index contributed by atoms with van der Waals surface area (Å²) in [7, 11) is 5.64. The number of methoxy groups -OCH3 is 1. The summed E-state index contributed by atoms with van der Waals surface area (Å²) in [6.45, 7) is 4.23. The normalized spacial score (nSPS) is 19.2. The lowest BCUT2D eigenvalue weighted by molar-refractivity contribution is 0.0555. The molecule has 1 aliphatic heterocycles. The molecule has 1 unspecified atom stereocenters. The minimum atomic E-state index is -0.422. The second kappa shape index (κ2) is 6.41. The molecule has 1 aromatic rings. The number of carbonyl (C=O) groups is 1. The molecule has 20 heavy (non-hydrogen) atoms. The van der Waals surface area contributed by atoms with E-state index in [0.29, 0.717) is 6.04 Å². The Kier molecular flexibility index (Phi) is 4.83. The third-order valence-corrected chi connectivity index (χ3v) is 4.20. The molecule has 1 atom stereocenters. The fourth-order valence-corrected chi connectivity index (χ4v) is 2.76. The number of likely N-dealkylation sites (tertiary alicyclic amines) is 1. The van der Waals surface area contributed by atoms with Crippen molar-refractivity contribution in [1.82, 2.24) is 9.80 Å². The summed E-state index contributed by atoms with van der Waals surface area (Å²) in [6, 6.07) is 4.41. The first-order chi connectivity index (χ1) is 9.52. The van der Waals surface area contributed by atoms with E-state index in [9.17, 15) is 4.79 Å². The molecule has 0 N–H and O–H groups in total. The number of rotatable bonds is 4. The lowest BCUT2D eigenvalue weighted by atomic mass is 10.0. The van der Waals surface area contributed by atoms with Crippen molar-refractivity contribution in [2.45, 2.75) is 31.8 Å². The highest BCUT2D eigenvalue weighted by molar-refractivity contribution is 5.86. The molecular formula is C15H24N2O3. The molecule has 0 radical (unpaired) electrons. The number of carbonyl (C=O) groups excluding carboxylic acids is 1. The summed E-state index contributed by atoms with van der Waals surface area (Å²) in [5, 5.41) is 0. The van der Waals surface area contributed by atoms with Crippen molar-refractivity contribution in [3.8, 4) is 0 Å². The molecule has 0 aliphatic carbocycles. The van der Waals surface area contributed by atoms with Crippen molar-refractivity contribution in [2.75, 3.05) is 34.3 Å². The fourth-order valence-electron chi connectivity index (χ4n) is 2.76. The summed E-state index contributed by atoms with van der Waals surface area (Å²) in [4.78, 5) is 16.1. The average molecular weight is 280 g/mol. The zero-order valence-corrected chi connectivity index (χ0v) is 12.8. The molecule has 1 aromatic heterocycles. The third kappa shape index (κ3) is 3.22. The molecule has 5 nitrogen and oxygen atoms in total. The summed E-state index contributed by atoms with van der Waals surface area (Å²) in [6.07, 6.45) is 2.34. The fraction of sp³-hybridized carbons (Fsp3) is 0.667. The van der Waals surface area contributed by atoms with Crippen molar-refractivity contribution < 1.29 is 13.9 Å². The number of hydrogen-bond donors (Lipinski definition) is 0. The molecule has 0 saturated carbocycles. The molecule has 0 bridgehead atoms. The molecule has 0 aromatic carbocycles. The van der Waals surface area contributed by atoms with Crippen LogP contribution < -0.4 is 0 Å². The Bertz CT molecular complexity index is 448. The van der Waals surface area contributed by atoms with E-state index in [1.807, 2.05) is 6.07 Å². The molecule has 5 heteroatoms. The Morgan fingerprint density at radius 1 is 1.40 bits per heavy atom. The first kappa shape index (κ1) is 15.1. The summed E-state index contributed by atoms with van der Waals surface area (Å²) in [5.41, 5.74) is 0. The minimum Gasteiger partial charge on any atom is -0.463 e. The van der Waals surface area contributed by atoms with Crippen LogP contribution in [0.3, 0.4) is 0 Å². The molecular weight excluding hydrogens is 256 g/mol. The number of furan rings is 1. The summed E-state index contributed by atoms with van der Waals surface area (Å²) >= 11 is 0. The van der Waals surface area contributed by atoms with Crippen LogP contribution in [0.4, 0.5) is 0 Å². The predicted molar refractivity (Wildman–Crippen MR) is 76.7 cm³/mol. The number of piperidine rings is 1. The van der Waals surface area contributed by atoms with Gasteiger partial charge < -0.3 is 14.1 Å². The monoisotopic (exact) mass is 280 g/mol. The molecule has 0 spiro atoms. The van der Waals surface area contributed by atoms with Crippen LogP contribution in [0.5, 0.6) is 0 Å². The van der Waals surface area contributed by atoms with E-state index >= 15 is 0 Å². The number of esters is 1. The lowest BCUT2D eigenvalue weighted by Gasteiger charge is -2.37. The van der Waals surface area contributed by atoms with Crippen LogP contribution in [0.15, 0.2) is 16.5 Å². The van der Waals surface area contributed by atoms with Gasteiger partial charge in [-0.2, -0.15) is 0 Å². The van der Waals surface area contributed by atoms with E-state index in [1.165, 1.54) is 20.0 Å². The lowest BCUT2D eigenvalue weighted by Crippen LogP contribution is -2.42. The van der Waals surface area contributed by atoms with Gasteiger partial charge in [0.25, 0.3) is 0 Å². The Balaban J connectivity index is 1.96. The van der Waals surface area contributed by atoms with E-state index in [-0.39, 0.29) is 11.8 Å². The highest BCUT2D eigenvalue weighted by Gasteiger charge is 2.26. The van der Waals surface area contributed by atoms with Gasteiger partial charge in [0.2, 0.25) is 5.76 Å². The molecule has 112 valence electrons. The number of nitrogens with zero attached hydrogens (tertiary/aromatic N) is 2. The summed E-state index contributed by atoms with van der Waals surface area (Å²) in [5.74, 6) is 0.681. The molecule has 1 aliphatic rings. The zero-order valence-electron chi connectivity index (χ0n) is 12.8. The van der Waals surface area contributed by atoms with Crippen LogP contribution in [0.25, 0.3) is 0 Å². The maximum absolute atomic E-state index is 11.4. The highest BCUT2D eigenvalue weighted by Crippen LogP contribution is 2.26. The second-order valence-corrected chi connectivity index (χ2v) is 5.60. The van der Waals surface area contributed by atoms with Gasteiger partial charge in [-0.25, -0.2) is 4.79 Å². The largest absolute Gasteiger partial charge is 0.463 e. The molecule has 2 rings (SSSR count). The molecule has 0 amide bonds. The van der Waals surface area contributed by atoms with Crippen LogP contribution in [0.2, 0.25) is 0 Å². The van der Waals surface area contributed by atoms with E-state index in [2.05, 4.69) is 35.6 Å². The topological polar surface area (TPSA) is 45.9 Å². The first-order valence-electron chi connectivity index (χ1n) is 7.11. The number of hydrogen-bond acceptors (Lipinski definition) is 5. The summed E-state index contributed by atoms with van der Waals surface area (Å²) < 4.78 is 10.3. The van der Waals surface area contributed by atoms with Crippen molar-refractivity contribution in [2.24, 2.45) is 0 Å². The van der Waals surface area contributed by atoms with E-state index in [0.717, 1.165) is 18.8 Å². The number of ether oxygens (including phenoxy) is 1. The molecule has 2 heterocycles. The standard InChI is InChI=1S/C15H24N2O3/c1-11(13-5-6-14(20-13)15(18)19-4)17-9-7-12(8-10-17)16(2)3/h5-6,11-12H,7-10H2,1-4H3. The van der Waals surface area contributed by atoms with Crippen molar-refractivity contribution in [3.05, 3.63) is 23.7 Å².